The summed E-state index contributed by atoms with van der Waals surface area (Å²) in [5.74, 6) is 0.607. The molecule has 0 aliphatic carbocycles. The molecule has 0 fully saturated rings. The van der Waals surface area contributed by atoms with E-state index in [9.17, 15) is 13.2 Å². The Balaban J connectivity index is 2.02. The standard InChI is InChI=1S/C16H10ClF3N2O2/c1-23-13-6-5-11(17)8-12(13)14-21-15(24-22-14)9-3-2-4-10(7-9)16(18,19)20/h2-8H,1H3. The lowest BCUT2D eigenvalue weighted by molar-refractivity contribution is -0.137. The third kappa shape index (κ3) is 3.21. The van der Waals surface area contributed by atoms with Gasteiger partial charge in [0.15, 0.2) is 0 Å². The number of hydrogen-bond donors (Lipinski definition) is 0. The molecular formula is C16H10ClF3N2O2. The number of benzene rings is 2. The van der Waals surface area contributed by atoms with Gasteiger partial charge in [-0.15, -0.1) is 0 Å². The summed E-state index contributed by atoms with van der Waals surface area (Å²) in [4.78, 5) is 4.14. The predicted octanol–water partition coefficient (Wildman–Crippen LogP) is 5.08. The van der Waals surface area contributed by atoms with Crippen LogP contribution in [0.4, 0.5) is 13.2 Å². The van der Waals surface area contributed by atoms with Gasteiger partial charge in [-0.05, 0) is 36.4 Å². The Bertz CT molecular complexity index is 878. The fourth-order valence-electron chi connectivity index (χ4n) is 2.13. The van der Waals surface area contributed by atoms with Gasteiger partial charge in [-0.25, -0.2) is 0 Å². The van der Waals surface area contributed by atoms with Crippen molar-refractivity contribution >= 4 is 11.6 Å². The summed E-state index contributed by atoms with van der Waals surface area (Å²) in [6, 6.07) is 9.52. The molecule has 0 aliphatic rings. The molecule has 1 aromatic heterocycles. The highest BCUT2D eigenvalue weighted by Crippen LogP contribution is 2.34. The van der Waals surface area contributed by atoms with Crippen LogP contribution in [0.15, 0.2) is 47.0 Å². The van der Waals surface area contributed by atoms with Gasteiger partial charge >= 0.3 is 6.18 Å². The topological polar surface area (TPSA) is 48.2 Å². The average molecular weight is 355 g/mol. The number of nitrogens with zero attached hydrogens (tertiary/aromatic N) is 2. The predicted molar refractivity (Wildman–Crippen MR) is 81.7 cm³/mol. The lowest BCUT2D eigenvalue weighted by Gasteiger charge is -2.06. The first kappa shape index (κ1) is 16.3. The Morgan fingerprint density at radius 3 is 2.62 bits per heavy atom. The van der Waals surface area contributed by atoms with Crippen LogP contribution in [0.3, 0.4) is 0 Å². The second kappa shape index (κ2) is 6.16. The minimum Gasteiger partial charge on any atom is -0.496 e. The number of aromatic nitrogens is 2. The molecule has 0 amide bonds. The quantitative estimate of drug-likeness (QED) is 0.657. The van der Waals surface area contributed by atoms with E-state index in [1.807, 2.05) is 0 Å². The molecule has 3 rings (SSSR count). The van der Waals surface area contributed by atoms with E-state index >= 15 is 0 Å². The molecule has 0 bridgehead atoms. The molecule has 0 unspecified atom stereocenters. The third-order valence-corrected chi connectivity index (χ3v) is 3.50. The molecule has 24 heavy (non-hydrogen) atoms. The van der Waals surface area contributed by atoms with Crippen molar-refractivity contribution in [2.45, 2.75) is 6.18 Å². The maximum atomic E-state index is 12.8. The highest BCUT2D eigenvalue weighted by molar-refractivity contribution is 6.30. The van der Waals surface area contributed by atoms with E-state index in [1.54, 1.807) is 18.2 Å². The van der Waals surface area contributed by atoms with Gasteiger partial charge in [0.2, 0.25) is 5.82 Å². The van der Waals surface area contributed by atoms with Crippen LogP contribution in [0, 0.1) is 0 Å². The minimum absolute atomic E-state index is 0.0295. The normalized spacial score (nSPS) is 11.5. The number of rotatable bonds is 3. The van der Waals surface area contributed by atoms with Crippen LogP contribution in [0.25, 0.3) is 22.8 Å². The molecule has 0 aliphatic heterocycles. The zero-order valence-corrected chi connectivity index (χ0v) is 13.0. The molecule has 3 aromatic rings. The van der Waals surface area contributed by atoms with E-state index in [0.29, 0.717) is 16.3 Å². The Kier molecular flexibility index (Phi) is 4.19. The van der Waals surface area contributed by atoms with Crippen LogP contribution >= 0.6 is 11.6 Å². The van der Waals surface area contributed by atoms with Gasteiger partial charge in [-0.3, -0.25) is 0 Å². The summed E-state index contributed by atoms with van der Waals surface area (Å²) >= 11 is 5.95. The van der Waals surface area contributed by atoms with E-state index in [-0.39, 0.29) is 17.3 Å². The largest absolute Gasteiger partial charge is 0.496 e. The van der Waals surface area contributed by atoms with Crippen molar-refractivity contribution in [3.63, 3.8) is 0 Å². The number of hydrogen-bond acceptors (Lipinski definition) is 4. The lowest BCUT2D eigenvalue weighted by Crippen LogP contribution is -2.04. The molecule has 0 saturated carbocycles. The SMILES string of the molecule is COc1ccc(Cl)cc1-c1noc(-c2cccc(C(F)(F)F)c2)n1. The van der Waals surface area contributed by atoms with Gasteiger partial charge in [0.05, 0.1) is 18.2 Å². The summed E-state index contributed by atoms with van der Waals surface area (Å²) in [6.07, 6.45) is -4.45. The Morgan fingerprint density at radius 2 is 1.92 bits per heavy atom. The van der Waals surface area contributed by atoms with Crippen LogP contribution in [0.5, 0.6) is 5.75 Å². The molecule has 0 radical (unpaired) electrons. The average Bonchev–Trinajstić information content (AvgIpc) is 3.04. The van der Waals surface area contributed by atoms with E-state index < -0.39 is 11.7 Å². The van der Waals surface area contributed by atoms with Crippen molar-refractivity contribution in [1.82, 2.24) is 10.1 Å². The molecule has 4 nitrogen and oxygen atoms in total. The van der Waals surface area contributed by atoms with Gasteiger partial charge < -0.3 is 9.26 Å². The molecule has 2 aromatic carbocycles. The van der Waals surface area contributed by atoms with Crippen molar-refractivity contribution in [3.05, 3.63) is 53.1 Å². The lowest BCUT2D eigenvalue weighted by atomic mass is 10.1. The zero-order valence-electron chi connectivity index (χ0n) is 12.3. The molecule has 0 N–H and O–H groups in total. The zero-order chi connectivity index (χ0) is 17.3. The molecular weight excluding hydrogens is 345 g/mol. The first-order valence-corrected chi connectivity index (χ1v) is 7.11. The second-order valence-electron chi connectivity index (χ2n) is 4.85. The molecule has 8 heteroatoms. The fraction of sp³-hybridized carbons (Fsp3) is 0.125. The van der Waals surface area contributed by atoms with Crippen LogP contribution in [0.2, 0.25) is 5.02 Å². The summed E-state index contributed by atoms with van der Waals surface area (Å²) in [7, 11) is 1.47. The maximum absolute atomic E-state index is 12.8. The molecule has 0 saturated heterocycles. The number of halogens is 4. The molecule has 0 spiro atoms. The highest BCUT2D eigenvalue weighted by Gasteiger charge is 2.31. The van der Waals surface area contributed by atoms with Crippen LogP contribution in [-0.4, -0.2) is 17.3 Å². The van der Waals surface area contributed by atoms with Gasteiger partial charge in [-0.2, -0.15) is 18.2 Å². The second-order valence-corrected chi connectivity index (χ2v) is 5.28. The molecule has 0 atom stereocenters. The van der Waals surface area contributed by atoms with Gasteiger partial charge in [0, 0.05) is 10.6 Å². The minimum atomic E-state index is -4.45. The Labute approximate surface area is 139 Å². The van der Waals surface area contributed by atoms with Gasteiger partial charge in [-0.1, -0.05) is 22.8 Å². The smallest absolute Gasteiger partial charge is 0.416 e. The first-order valence-electron chi connectivity index (χ1n) is 6.74. The van der Waals surface area contributed by atoms with Crippen molar-refractivity contribution < 1.29 is 22.4 Å². The Hall–Kier alpha value is -2.54. The third-order valence-electron chi connectivity index (χ3n) is 3.27. The molecule has 1 heterocycles. The van der Waals surface area contributed by atoms with Crippen LogP contribution in [0.1, 0.15) is 5.56 Å². The first-order chi connectivity index (χ1) is 11.4. The Morgan fingerprint density at radius 1 is 1.12 bits per heavy atom. The summed E-state index contributed by atoms with van der Waals surface area (Å²) in [5, 5.41) is 4.24. The monoisotopic (exact) mass is 354 g/mol. The van der Waals surface area contributed by atoms with Crippen LogP contribution < -0.4 is 4.74 Å². The van der Waals surface area contributed by atoms with Gasteiger partial charge in [0.1, 0.15) is 5.75 Å². The maximum Gasteiger partial charge on any atom is 0.416 e. The number of alkyl halides is 3. The van der Waals surface area contributed by atoms with Crippen LogP contribution in [-0.2, 0) is 6.18 Å². The van der Waals surface area contributed by atoms with E-state index in [2.05, 4.69) is 10.1 Å². The van der Waals surface area contributed by atoms with E-state index in [4.69, 9.17) is 20.9 Å². The summed E-state index contributed by atoms with van der Waals surface area (Å²) in [6.45, 7) is 0. The summed E-state index contributed by atoms with van der Waals surface area (Å²) in [5.41, 5.74) is -0.142. The highest BCUT2D eigenvalue weighted by atomic mass is 35.5. The van der Waals surface area contributed by atoms with Gasteiger partial charge in [0.25, 0.3) is 5.89 Å². The fourth-order valence-corrected chi connectivity index (χ4v) is 2.31. The van der Waals surface area contributed by atoms with Crippen molar-refractivity contribution in [3.8, 4) is 28.6 Å². The molecule has 124 valence electrons. The van der Waals surface area contributed by atoms with E-state index in [1.165, 1.54) is 19.2 Å². The van der Waals surface area contributed by atoms with Crippen molar-refractivity contribution in [2.75, 3.05) is 7.11 Å². The van der Waals surface area contributed by atoms with Crippen molar-refractivity contribution in [2.24, 2.45) is 0 Å². The number of methoxy groups -OCH3 is 1. The summed E-state index contributed by atoms with van der Waals surface area (Å²) < 4.78 is 48.7. The number of ether oxygens (including phenoxy) is 1. The van der Waals surface area contributed by atoms with Crippen molar-refractivity contribution in [1.29, 1.82) is 0 Å². The van der Waals surface area contributed by atoms with E-state index in [0.717, 1.165) is 12.1 Å².